The Morgan fingerprint density at radius 1 is 1.03 bits per heavy atom. The van der Waals surface area contributed by atoms with E-state index in [0.29, 0.717) is 51.1 Å². The molecule has 2 heterocycles. The molecule has 0 spiro atoms. The van der Waals surface area contributed by atoms with Crippen molar-refractivity contribution in [1.29, 1.82) is 0 Å². The van der Waals surface area contributed by atoms with Crippen molar-refractivity contribution in [2.24, 2.45) is 0 Å². The first-order valence-corrected chi connectivity index (χ1v) is 14.6. The molecule has 39 heavy (non-hydrogen) atoms. The molecule has 0 N–H and O–H groups in total. The highest BCUT2D eigenvalue weighted by molar-refractivity contribution is 14.1. The normalized spacial score (nSPS) is 15.4. The van der Waals surface area contributed by atoms with Crippen LogP contribution >= 0.6 is 46.6 Å². The SMILES string of the molecule is CCOc1cc(/C=C2/SC(=S)N(c3ccc4c(c3)OCO4)C2=O)cc(I)c1OCc1cccc2ccccc12. The molecule has 6 rings (SSSR count). The number of carbonyl (C=O) groups is 1. The topological polar surface area (TPSA) is 57.2 Å². The van der Waals surface area contributed by atoms with Crippen molar-refractivity contribution in [3.05, 3.63) is 92.4 Å². The van der Waals surface area contributed by atoms with Gasteiger partial charge in [-0.15, -0.1) is 0 Å². The number of rotatable bonds is 7. The molecule has 196 valence electrons. The monoisotopic (exact) mass is 667 g/mol. The fourth-order valence-electron chi connectivity index (χ4n) is 4.51. The van der Waals surface area contributed by atoms with Crippen LogP contribution in [0.2, 0.25) is 0 Å². The zero-order chi connectivity index (χ0) is 26.9. The third-order valence-electron chi connectivity index (χ3n) is 6.29. The van der Waals surface area contributed by atoms with E-state index in [1.165, 1.54) is 22.0 Å². The van der Waals surface area contributed by atoms with Crippen LogP contribution in [-0.4, -0.2) is 23.6 Å². The summed E-state index contributed by atoms with van der Waals surface area (Å²) in [6, 6.07) is 23.7. The molecule has 0 aromatic heterocycles. The van der Waals surface area contributed by atoms with Crippen LogP contribution in [-0.2, 0) is 11.4 Å². The number of amides is 1. The average molecular weight is 668 g/mol. The molecule has 0 radical (unpaired) electrons. The van der Waals surface area contributed by atoms with Gasteiger partial charge in [0.1, 0.15) is 6.61 Å². The molecule has 4 aromatic carbocycles. The maximum absolute atomic E-state index is 13.4. The van der Waals surface area contributed by atoms with Crippen molar-refractivity contribution in [2.45, 2.75) is 13.5 Å². The lowest BCUT2D eigenvalue weighted by Crippen LogP contribution is -2.27. The maximum atomic E-state index is 13.4. The first-order chi connectivity index (χ1) is 19.0. The number of hydrogen-bond acceptors (Lipinski definition) is 7. The second-order valence-corrected chi connectivity index (χ2v) is 11.6. The highest BCUT2D eigenvalue weighted by atomic mass is 127. The third kappa shape index (κ3) is 5.18. The van der Waals surface area contributed by atoms with Crippen molar-refractivity contribution < 1.29 is 23.7 Å². The number of anilines is 1. The summed E-state index contributed by atoms with van der Waals surface area (Å²) in [5.41, 5.74) is 2.57. The zero-order valence-electron chi connectivity index (χ0n) is 20.8. The van der Waals surface area contributed by atoms with Gasteiger partial charge >= 0.3 is 0 Å². The van der Waals surface area contributed by atoms with Crippen LogP contribution in [0.4, 0.5) is 5.69 Å². The van der Waals surface area contributed by atoms with E-state index in [-0.39, 0.29) is 12.7 Å². The van der Waals surface area contributed by atoms with Gasteiger partial charge in [0.05, 0.1) is 20.8 Å². The summed E-state index contributed by atoms with van der Waals surface area (Å²) in [7, 11) is 0. The molecule has 1 fully saturated rings. The van der Waals surface area contributed by atoms with Gasteiger partial charge in [0.25, 0.3) is 5.91 Å². The number of halogens is 1. The predicted molar refractivity (Wildman–Crippen MR) is 167 cm³/mol. The Kier molecular flexibility index (Phi) is 7.37. The van der Waals surface area contributed by atoms with E-state index in [9.17, 15) is 4.79 Å². The second kappa shape index (κ2) is 11.1. The fraction of sp³-hybridized carbons (Fsp3) is 0.133. The maximum Gasteiger partial charge on any atom is 0.270 e. The van der Waals surface area contributed by atoms with Crippen molar-refractivity contribution in [3.8, 4) is 23.0 Å². The summed E-state index contributed by atoms with van der Waals surface area (Å²) in [6.45, 7) is 2.99. The molecule has 2 aliphatic rings. The van der Waals surface area contributed by atoms with Gasteiger partial charge in [-0.1, -0.05) is 66.4 Å². The number of fused-ring (bicyclic) bond motifs is 2. The van der Waals surface area contributed by atoms with Gasteiger partial charge in [-0.2, -0.15) is 0 Å². The standard InChI is InChI=1S/C30H22INO5S2/c1-2-34-26-13-18(12-23(31)28(26)35-16-20-8-5-7-19-6-3-4-9-22(19)20)14-27-29(33)32(30(38)39-27)21-10-11-24-25(15-21)37-17-36-24/h3-15H,2,16-17H2,1H3/b27-14+. The molecule has 2 aliphatic heterocycles. The molecule has 0 atom stereocenters. The van der Waals surface area contributed by atoms with Gasteiger partial charge in [0.15, 0.2) is 27.3 Å². The Morgan fingerprint density at radius 2 is 1.85 bits per heavy atom. The Morgan fingerprint density at radius 3 is 2.72 bits per heavy atom. The number of hydrogen-bond donors (Lipinski definition) is 0. The quantitative estimate of drug-likeness (QED) is 0.115. The lowest BCUT2D eigenvalue weighted by molar-refractivity contribution is -0.113. The Bertz CT molecular complexity index is 1650. The van der Waals surface area contributed by atoms with Crippen molar-refractivity contribution in [3.63, 3.8) is 0 Å². The third-order valence-corrected chi connectivity index (χ3v) is 8.39. The number of benzene rings is 4. The van der Waals surface area contributed by atoms with Crippen LogP contribution in [0.5, 0.6) is 23.0 Å². The summed E-state index contributed by atoms with van der Waals surface area (Å²) in [4.78, 5) is 15.4. The zero-order valence-corrected chi connectivity index (χ0v) is 24.6. The van der Waals surface area contributed by atoms with Gasteiger partial charge in [-0.05, 0) is 81.8 Å². The summed E-state index contributed by atoms with van der Waals surface area (Å²) in [5.74, 6) is 2.37. The largest absolute Gasteiger partial charge is 0.490 e. The van der Waals surface area contributed by atoms with Crippen LogP contribution in [0.1, 0.15) is 18.1 Å². The first kappa shape index (κ1) is 26.0. The molecule has 0 unspecified atom stereocenters. The Hall–Kier alpha value is -3.28. The summed E-state index contributed by atoms with van der Waals surface area (Å²) >= 11 is 9.07. The van der Waals surface area contributed by atoms with Crippen molar-refractivity contribution in [2.75, 3.05) is 18.3 Å². The predicted octanol–water partition coefficient (Wildman–Crippen LogP) is 7.56. The smallest absolute Gasteiger partial charge is 0.270 e. The van der Waals surface area contributed by atoms with Gasteiger partial charge in [0, 0.05) is 6.07 Å². The highest BCUT2D eigenvalue weighted by Gasteiger charge is 2.34. The van der Waals surface area contributed by atoms with E-state index in [0.717, 1.165) is 20.1 Å². The van der Waals surface area contributed by atoms with Gasteiger partial charge in [-0.25, -0.2) is 0 Å². The van der Waals surface area contributed by atoms with E-state index in [1.807, 2.05) is 43.3 Å². The molecule has 1 saturated heterocycles. The number of carbonyl (C=O) groups excluding carboxylic acids is 1. The van der Waals surface area contributed by atoms with E-state index in [4.69, 9.17) is 31.2 Å². The first-order valence-electron chi connectivity index (χ1n) is 12.2. The van der Waals surface area contributed by atoms with Crippen LogP contribution in [0, 0.1) is 3.57 Å². The minimum absolute atomic E-state index is 0.166. The van der Waals surface area contributed by atoms with Crippen molar-refractivity contribution in [1.82, 2.24) is 0 Å². The fourth-order valence-corrected chi connectivity index (χ4v) is 6.59. The molecule has 0 saturated carbocycles. The van der Waals surface area contributed by atoms with E-state index in [2.05, 4.69) is 46.9 Å². The van der Waals surface area contributed by atoms with Crippen LogP contribution in [0.15, 0.2) is 77.7 Å². The number of thiocarbonyl (C=S) groups is 1. The van der Waals surface area contributed by atoms with Gasteiger partial charge < -0.3 is 18.9 Å². The van der Waals surface area contributed by atoms with E-state index >= 15 is 0 Å². The lowest BCUT2D eigenvalue weighted by Gasteiger charge is -2.16. The highest BCUT2D eigenvalue weighted by Crippen LogP contribution is 2.42. The molecule has 6 nitrogen and oxygen atoms in total. The number of thioether (sulfide) groups is 1. The Labute approximate surface area is 249 Å². The minimum atomic E-state index is -0.187. The van der Waals surface area contributed by atoms with Crippen LogP contribution in [0.25, 0.3) is 16.8 Å². The lowest BCUT2D eigenvalue weighted by atomic mass is 10.1. The molecular formula is C30H22INO5S2. The van der Waals surface area contributed by atoms with E-state index < -0.39 is 0 Å². The van der Waals surface area contributed by atoms with Crippen molar-refractivity contribution >= 4 is 79.3 Å². The Balaban J connectivity index is 1.26. The van der Waals surface area contributed by atoms with Gasteiger partial charge in [-0.3, -0.25) is 9.69 Å². The molecule has 9 heteroatoms. The summed E-state index contributed by atoms with van der Waals surface area (Å²) in [6.07, 6.45) is 1.84. The summed E-state index contributed by atoms with van der Waals surface area (Å²) < 4.78 is 24.5. The number of ether oxygens (including phenoxy) is 4. The van der Waals surface area contributed by atoms with Crippen LogP contribution < -0.4 is 23.8 Å². The minimum Gasteiger partial charge on any atom is -0.490 e. The summed E-state index contributed by atoms with van der Waals surface area (Å²) in [5, 5.41) is 2.33. The molecule has 0 bridgehead atoms. The molecular weight excluding hydrogens is 645 g/mol. The molecule has 4 aromatic rings. The average Bonchev–Trinajstić information content (AvgIpc) is 3.51. The van der Waals surface area contributed by atoms with E-state index in [1.54, 1.807) is 18.2 Å². The second-order valence-electron chi connectivity index (χ2n) is 8.74. The van der Waals surface area contributed by atoms with Crippen LogP contribution in [0.3, 0.4) is 0 Å². The van der Waals surface area contributed by atoms with Gasteiger partial charge in [0.2, 0.25) is 6.79 Å². The number of nitrogens with zero attached hydrogens (tertiary/aromatic N) is 1. The molecule has 1 amide bonds. The molecule has 0 aliphatic carbocycles.